The summed E-state index contributed by atoms with van der Waals surface area (Å²) < 4.78 is 0. The lowest BCUT2D eigenvalue weighted by molar-refractivity contribution is 0.192. The Morgan fingerprint density at radius 1 is 1.27 bits per heavy atom. The predicted molar refractivity (Wildman–Crippen MR) is 62.1 cm³/mol. The third-order valence-electron chi connectivity index (χ3n) is 3.15. The minimum atomic E-state index is 0.338. The Bertz CT molecular complexity index is 198. The van der Waals surface area contributed by atoms with E-state index in [-0.39, 0.29) is 0 Å². The number of nitrogens with two attached hydrogens (primary N) is 1. The van der Waals surface area contributed by atoms with Crippen molar-refractivity contribution in [2.24, 2.45) is 10.9 Å². The summed E-state index contributed by atoms with van der Waals surface area (Å²) in [6, 6.07) is 0.388. The third kappa shape index (κ3) is 4.51. The smallest absolute Gasteiger partial charge is 0.140 e. The number of likely N-dealkylation sites (tertiary alicyclic amines) is 1. The molecule has 0 aliphatic carbocycles. The molecule has 1 heterocycles. The molecule has 15 heavy (non-hydrogen) atoms. The molecule has 4 nitrogen and oxygen atoms in total. The molecule has 3 N–H and O–H groups in total. The van der Waals surface area contributed by atoms with Crippen LogP contribution in [0.4, 0.5) is 0 Å². The number of hydrogen-bond donors (Lipinski definition) is 2. The molecule has 0 bridgehead atoms. The van der Waals surface area contributed by atoms with Gasteiger partial charge in [-0.2, -0.15) is 0 Å². The van der Waals surface area contributed by atoms with Gasteiger partial charge in [-0.05, 0) is 32.9 Å². The first-order chi connectivity index (χ1) is 7.24. The zero-order chi connectivity index (χ0) is 11.1. The second-order valence-electron chi connectivity index (χ2n) is 4.45. The average Bonchev–Trinajstić information content (AvgIpc) is 2.16. The van der Waals surface area contributed by atoms with Crippen molar-refractivity contribution in [2.45, 2.75) is 51.5 Å². The van der Waals surface area contributed by atoms with Crippen molar-refractivity contribution >= 4 is 5.84 Å². The summed E-state index contributed by atoms with van der Waals surface area (Å²) in [5.74, 6) is 0.338. The maximum atomic E-state index is 8.53. The molecule has 0 spiro atoms. The summed E-state index contributed by atoms with van der Waals surface area (Å²) in [5, 5.41) is 11.6. The number of nitrogens with zero attached hydrogens (tertiary/aromatic N) is 2. The second-order valence-corrected chi connectivity index (χ2v) is 4.45. The van der Waals surface area contributed by atoms with Gasteiger partial charge in [-0.15, -0.1) is 0 Å². The van der Waals surface area contributed by atoms with Gasteiger partial charge in [0, 0.05) is 12.5 Å². The quantitative estimate of drug-likeness (QED) is 0.325. The molecule has 0 aromatic carbocycles. The molecule has 1 fully saturated rings. The number of amidine groups is 1. The SMILES string of the molecule is CC(CC(N)=NO)N1CCCCCCC1. The van der Waals surface area contributed by atoms with Gasteiger partial charge in [0.15, 0.2) is 0 Å². The molecule has 88 valence electrons. The van der Waals surface area contributed by atoms with E-state index in [1.807, 2.05) is 0 Å². The molecular weight excluding hydrogens is 190 g/mol. The van der Waals surface area contributed by atoms with Gasteiger partial charge in [0.05, 0.1) is 0 Å². The first-order valence-electron chi connectivity index (χ1n) is 5.94. The second kappa shape index (κ2) is 6.67. The monoisotopic (exact) mass is 213 g/mol. The zero-order valence-electron chi connectivity index (χ0n) is 9.65. The van der Waals surface area contributed by atoms with Gasteiger partial charge in [-0.25, -0.2) is 0 Å². The van der Waals surface area contributed by atoms with E-state index in [0.29, 0.717) is 18.3 Å². The van der Waals surface area contributed by atoms with Crippen LogP contribution in [0.15, 0.2) is 5.16 Å². The standard InChI is InChI=1S/C11H23N3O/c1-10(9-11(12)13-15)14-7-5-3-2-4-6-8-14/h10,15H,2-9H2,1H3,(H2,12,13). The lowest BCUT2D eigenvalue weighted by Gasteiger charge is -2.30. The molecule has 0 saturated carbocycles. The third-order valence-corrected chi connectivity index (χ3v) is 3.15. The van der Waals surface area contributed by atoms with Gasteiger partial charge < -0.3 is 15.8 Å². The van der Waals surface area contributed by atoms with Crippen LogP contribution in [0.5, 0.6) is 0 Å². The Morgan fingerprint density at radius 2 is 1.80 bits per heavy atom. The van der Waals surface area contributed by atoms with Crippen LogP contribution >= 0.6 is 0 Å². The van der Waals surface area contributed by atoms with E-state index in [1.165, 1.54) is 32.1 Å². The number of rotatable bonds is 3. The van der Waals surface area contributed by atoms with Gasteiger partial charge in [0.2, 0.25) is 0 Å². The zero-order valence-corrected chi connectivity index (χ0v) is 9.65. The van der Waals surface area contributed by atoms with Crippen molar-refractivity contribution in [1.29, 1.82) is 0 Å². The number of hydrogen-bond acceptors (Lipinski definition) is 3. The topological polar surface area (TPSA) is 61.9 Å². The summed E-state index contributed by atoms with van der Waals surface area (Å²) >= 11 is 0. The highest BCUT2D eigenvalue weighted by atomic mass is 16.4. The van der Waals surface area contributed by atoms with Gasteiger partial charge in [-0.1, -0.05) is 24.4 Å². The van der Waals surface area contributed by atoms with Crippen LogP contribution in [0.3, 0.4) is 0 Å². The van der Waals surface area contributed by atoms with E-state index in [4.69, 9.17) is 10.9 Å². The predicted octanol–water partition coefficient (Wildman–Crippen LogP) is 1.78. The minimum absolute atomic E-state index is 0.338. The molecule has 0 aromatic heterocycles. The Kier molecular flexibility index (Phi) is 5.47. The van der Waals surface area contributed by atoms with Gasteiger partial charge >= 0.3 is 0 Å². The largest absolute Gasteiger partial charge is 0.409 e. The molecular formula is C11H23N3O. The molecule has 0 amide bonds. The van der Waals surface area contributed by atoms with E-state index in [9.17, 15) is 0 Å². The van der Waals surface area contributed by atoms with Crippen LogP contribution < -0.4 is 5.73 Å². The fourth-order valence-corrected chi connectivity index (χ4v) is 2.19. The Balaban J connectivity index is 2.37. The van der Waals surface area contributed by atoms with Crippen LogP contribution in [0, 0.1) is 0 Å². The normalized spacial score (nSPS) is 23.1. The Hall–Kier alpha value is -0.770. The maximum Gasteiger partial charge on any atom is 0.140 e. The minimum Gasteiger partial charge on any atom is -0.409 e. The number of oxime groups is 1. The van der Waals surface area contributed by atoms with E-state index < -0.39 is 0 Å². The van der Waals surface area contributed by atoms with E-state index in [2.05, 4.69) is 17.0 Å². The highest BCUT2D eigenvalue weighted by Crippen LogP contribution is 2.14. The molecule has 4 heteroatoms. The van der Waals surface area contributed by atoms with Crippen LogP contribution in [-0.2, 0) is 0 Å². The van der Waals surface area contributed by atoms with Crippen LogP contribution in [0.1, 0.15) is 45.4 Å². The first-order valence-corrected chi connectivity index (χ1v) is 5.94. The van der Waals surface area contributed by atoms with Crippen molar-refractivity contribution in [3.63, 3.8) is 0 Å². The van der Waals surface area contributed by atoms with Crippen LogP contribution in [-0.4, -0.2) is 35.1 Å². The molecule has 1 aliphatic heterocycles. The molecule has 1 atom stereocenters. The molecule has 0 radical (unpaired) electrons. The van der Waals surface area contributed by atoms with Crippen molar-refractivity contribution in [1.82, 2.24) is 4.90 Å². The fourth-order valence-electron chi connectivity index (χ4n) is 2.19. The summed E-state index contributed by atoms with van der Waals surface area (Å²) in [6.45, 7) is 4.46. The fraction of sp³-hybridized carbons (Fsp3) is 0.909. The molecule has 1 aliphatic rings. The van der Waals surface area contributed by atoms with E-state index >= 15 is 0 Å². The lowest BCUT2D eigenvalue weighted by Crippen LogP contribution is -2.38. The van der Waals surface area contributed by atoms with Crippen molar-refractivity contribution in [2.75, 3.05) is 13.1 Å². The lowest BCUT2D eigenvalue weighted by atomic mass is 10.1. The Morgan fingerprint density at radius 3 is 2.33 bits per heavy atom. The van der Waals surface area contributed by atoms with E-state index in [1.54, 1.807) is 0 Å². The van der Waals surface area contributed by atoms with Gasteiger partial charge in [0.1, 0.15) is 5.84 Å². The highest BCUT2D eigenvalue weighted by molar-refractivity contribution is 5.80. The molecule has 1 rings (SSSR count). The van der Waals surface area contributed by atoms with Gasteiger partial charge in [0.25, 0.3) is 0 Å². The highest BCUT2D eigenvalue weighted by Gasteiger charge is 2.15. The van der Waals surface area contributed by atoms with Crippen molar-refractivity contribution in [3.05, 3.63) is 0 Å². The van der Waals surface area contributed by atoms with Crippen molar-refractivity contribution in [3.8, 4) is 0 Å². The van der Waals surface area contributed by atoms with Gasteiger partial charge in [-0.3, -0.25) is 0 Å². The molecule has 1 saturated heterocycles. The summed E-state index contributed by atoms with van der Waals surface area (Å²) in [5.41, 5.74) is 5.52. The Labute approximate surface area is 92.1 Å². The van der Waals surface area contributed by atoms with Crippen LogP contribution in [0.2, 0.25) is 0 Å². The summed E-state index contributed by atoms with van der Waals surface area (Å²) in [4.78, 5) is 2.46. The average molecular weight is 213 g/mol. The van der Waals surface area contributed by atoms with Crippen LogP contribution in [0.25, 0.3) is 0 Å². The van der Waals surface area contributed by atoms with E-state index in [0.717, 1.165) is 13.1 Å². The maximum absolute atomic E-state index is 8.53. The van der Waals surface area contributed by atoms with Crippen molar-refractivity contribution < 1.29 is 5.21 Å². The summed E-state index contributed by atoms with van der Waals surface area (Å²) in [7, 11) is 0. The molecule has 1 unspecified atom stereocenters. The summed E-state index contributed by atoms with van der Waals surface area (Å²) in [6.07, 6.45) is 7.28. The molecule has 0 aromatic rings. The first kappa shape index (κ1) is 12.3.